The van der Waals surface area contributed by atoms with Gasteiger partial charge in [-0.25, -0.2) is 17.5 Å². The van der Waals surface area contributed by atoms with Crippen molar-refractivity contribution in [2.75, 3.05) is 32.4 Å². The molecule has 0 saturated carbocycles. The molecule has 3 aromatic rings. The maximum atomic E-state index is 13.4. The van der Waals surface area contributed by atoms with Crippen molar-refractivity contribution in [1.82, 2.24) is 14.5 Å². The number of amides is 1. The van der Waals surface area contributed by atoms with Crippen LogP contribution in [0.1, 0.15) is 35.2 Å². The fourth-order valence-corrected chi connectivity index (χ4v) is 5.34. The van der Waals surface area contributed by atoms with Crippen LogP contribution in [0.15, 0.2) is 84.9 Å². The molecule has 0 unspecified atom stereocenters. The van der Waals surface area contributed by atoms with E-state index in [-0.39, 0.29) is 18.4 Å². The standard InChI is InChI=1S/C27H30FN3O3S/c1-35(33,34)29-25(21-12-14-24(28)15-13-21)20-26(32)30-16-18-31(19-17-30)27(22-8-4-2-5-9-22)23-10-6-3-7-11-23/h2-15,25,27,29H,16-20H2,1H3/t25-/m1/s1. The van der Waals surface area contributed by atoms with Gasteiger partial charge in [-0.3, -0.25) is 9.69 Å². The van der Waals surface area contributed by atoms with Crippen molar-refractivity contribution < 1.29 is 17.6 Å². The van der Waals surface area contributed by atoms with E-state index in [2.05, 4.69) is 33.9 Å². The van der Waals surface area contributed by atoms with Crippen molar-refractivity contribution in [2.24, 2.45) is 0 Å². The van der Waals surface area contributed by atoms with Gasteiger partial charge in [0.05, 0.1) is 18.3 Å². The average molecular weight is 496 g/mol. The average Bonchev–Trinajstić information content (AvgIpc) is 2.85. The Hall–Kier alpha value is -3.07. The van der Waals surface area contributed by atoms with Crippen LogP contribution in [0.25, 0.3) is 0 Å². The molecule has 1 amide bonds. The summed E-state index contributed by atoms with van der Waals surface area (Å²) in [4.78, 5) is 17.3. The van der Waals surface area contributed by atoms with E-state index in [0.29, 0.717) is 31.7 Å². The Morgan fingerprint density at radius 1 is 0.829 bits per heavy atom. The monoisotopic (exact) mass is 495 g/mol. The Kier molecular flexibility index (Phi) is 7.95. The van der Waals surface area contributed by atoms with Gasteiger partial charge in [0.25, 0.3) is 0 Å². The van der Waals surface area contributed by atoms with Crippen molar-refractivity contribution >= 4 is 15.9 Å². The Bertz CT molecular complexity index is 1170. The highest BCUT2D eigenvalue weighted by atomic mass is 32.2. The van der Waals surface area contributed by atoms with Gasteiger partial charge in [-0.2, -0.15) is 0 Å². The molecule has 1 N–H and O–H groups in total. The van der Waals surface area contributed by atoms with Crippen LogP contribution in [0.4, 0.5) is 4.39 Å². The zero-order valence-corrected chi connectivity index (χ0v) is 20.5. The van der Waals surface area contributed by atoms with Crippen LogP contribution in [0.5, 0.6) is 0 Å². The molecule has 0 aromatic heterocycles. The Balaban J connectivity index is 1.45. The third-order valence-corrected chi connectivity index (χ3v) is 6.98. The van der Waals surface area contributed by atoms with Gasteiger partial charge in [-0.15, -0.1) is 0 Å². The fourth-order valence-electron chi connectivity index (χ4n) is 4.60. The van der Waals surface area contributed by atoms with Gasteiger partial charge in [0.15, 0.2) is 0 Å². The summed E-state index contributed by atoms with van der Waals surface area (Å²) in [5.74, 6) is -0.549. The van der Waals surface area contributed by atoms with Crippen molar-refractivity contribution in [3.8, 4) is 0 Å². The summed E-state index contributed by atoms with van der Waals surface area (Å²) < 4.78 is 39.7. The number of nitrogens with one attached hydrogen (secondary N) is 1. The lowest BCUT2D eigenvalue weighted by molar-refractivity contribution is -0.133. The van der Waals surface area contributed by atoms with Crippen LogP contribution in [-0.2, 0) is 14.8 Å². The van der Waals surface area contributed by atoms with Gasteiger partial charge in [0.1, 0.15) is 5.82 Å². The van der Waals surface area contributed by atoms with E-state index in [9.17, 15) is 17.6 Å². The van der Waals surface area contributed by atoms with E-state index < -0.39 is 21.9 Å². The van der Waals surface area contributed by atoms with Crippen molar-refractivity contribution in [3.05, 3.63) is 107 Å². The number of carbonyl (C=O) groups excluding carboxylic acids is 1. The second kappa shape index (κ2) is 11.1. The molecule has 8 heteroatoms. The van der Waals surface area contributed by atoms with Crippen LogP contribution in [-0.4, -0.2) is 56.6 Å². The first-order valence-corrected chi connectivity index (χ1v) is 13.5. The van der Waals surface area contributed by atoms with Crippen LogP contribution >= 0.6 is 0 Å². The molecule has 4 rings (SSSR count). The lowest BCUT2D eigenvalue weighted by Gasteiger charge is -2.40. The van der Waals surface area contributed by atoms with Gasteiger partial charge in [-0.1, -0.05) is 72.8 Å². The zero-order chi connectivity index (χ0) is 24.8. The first-order valence-electron chi connectivity index (χ1n) is 11.6. The number of hydrogen-bond donors (Lipinski definition) is 1. The minimum absolute atomic E-state index is 0.0283. The van der Waals surface area contributed by atoms with Crippen LogP contribution in [0.3, 0.4) is 0 Å². The number of carbonyl (C=O) groups is 1. The van der Waals surface area contributed by atoms with Gasteiger partial charge >= 0.3 is 0 Å². The van der Waals surface area contributed by atoms with Gasteiger partial charge in [0, 0.05) is 32.6 Å². The fraction of sp³-hybridized carbons (Fsp3) is 0.296. The highest BCUT2D eigenvalue weighted by molar-refractivity contribution is 7.88. The highest BCUT2D eigenvalue weighted by Gasteiger charge is 2.30. The molecule has 1 aliphatic rings. The van der Waals surface area contributed by atoms with E-state index in [1.54, 1.807) is 4.90 Å². The summed E-state index contributed by atoms with van der Waals surface area (Å²) in [6, 6.07) is 25.5. The maximum absolute atomic E-state index is 13.4. The third-order valence-electron chi connectivity index (χ3n) is 6.27. The molecule has 35 heavy (non-hydrogen) atoms. The van der Waals surface area contributed by atoms with E-state index in [1.807, 2.05) is 36.4 Å². The molecule has 0 aliphatic carbocycles. The Morgan fingerprint density at radius 2 is 1.34 bits per heavy atom. The molecular formula is C27H30FN3O3S. The van der Waals surface area contributed by atoms with Crippen LogP contribution in [0.2, 0.25) is 0 Å². The molecule has 0 spiro atoms. The summed E-state index contributed by atoms with van der Waals surface area (Å²) in [7, 11) is -3.56. The summed E-state index contributed by atoms with van der Waals surface area (Å²) >= 11 is 0. The number of benzene rings is 3. The number of halogens is 1. The van der Waals surface area contributed by atoms with E-state index in [4.69, 9.17) is 0 Å². The van der Waals surface area contributed by atoms with Gasteiger partial charge in [-0.05, 0) is 28.8 Å². The molecule has 0 radical (unpaired) electrons. The van der Waals surface area contributed by atoms with Crippen LogP contribution < -0.4 is 4.72 Å². The van der Waals surface area contributed by atoms with Gasteiger partial charge < -0.3 is 4.90 Å². The molecule has 0 bridgehead atoms. The summed E-state index contributed by atoms with van der Waals surface area (Å²) in [6.45, 7) is 2.48. The van der Waals surface area contributed by atoms with E-state index >= 15 is 0 Å². The molecule has 1 heterocycles. The minimum Gasteiger partial charge on any atom is -0.340 e. The molecular weight excluding hydrogens is 465 g/mol. The maximum Gasteiger partial charge on any atom is 0.224 e. The molecule has 1 saturated heterocycles. The highest BCUT2D eigenvalue weighted by Crippen LogP contribution is 2.30. The van der Waals surface area contributed by atoms with Crippen molar-refractivity contribution in [3.63, 3.8) is 0 Å². The largest absolute Gasteiger partial charge is 0.340 e. The molecule has 1 aliphatic heterocycles. The lowest BCUT2D eigenvalue weighted by atomic mass is 9.96. The van der Waals surface area contributed by atoms with Crippen molar-refractivity contribution in [1.29, 1.82) is 0 Å². The first kappa shape index (κ1) is 25.0. The van der Waals surface area contributed by atoms with E-state index in [0.717, 1.165) is 6.26 Å². The smallest absolute Gasteiger partial charge is 0.224 e. The number of piperazine rings is 1. The lowest BCUT2D eigenvalue weighted by Crippen LogP contribution is -2.50. The normalized spacial score (nSPS) is 15.8. The number of rotatable bonds is 8. The minimum atomic E-state index is -3.56. The Labute approximate surface area is 206 Å². The zero-order valence-electron chi connectivity index (χ0n) is 19.7. The second-order valence-electron chi connectivity index (χ2n) is 8.84. The van der Waals surface area contributed by atoms with Gasteiger partial charge in [0.2, 0.25) is 15.9 Å². The molecule has 6 nitrogen and oxygen atoms in total. The predicted octanol–water partition coefficient (Wildman–Crippen LogP) is 3.74. The summed E-state index contributed by atoms with van der Waals surface area (Å²) in [6.07, 6.45) is 1.03. The number of hydrogen-bond acceptors (Lipinski definition) is 4. The number of sulfonamides is 1. The summed E-state index contributed by atoms with van der Waals surface area (Å²) in [5.41, 5.74) is 2.96. The SMILES string of the molecule is CS(=O)(=O)N[C@H](CC(=O)N1CCN(C(c2ccccc2)c2ccccc2)CC1)c1ccc(F)cc1. The van der Waals surface area contributed by atoms with Crippen molar-refractivity contribution in [2.45, 2.75) is 18.5 Å². The summed E-state index contributed by atoms with van der Waals surface area (Å²) in [5, 5.41) is 0. The second-order valence-corrected chi connectivity index (χ2v) is 10.6. The molecule has 1 atom stereocenters. The quantitative estimate of drug-likeness (QED) is 0.517. The molecule has 184 valence electrons. The van der Waals surface area contributed by atoms with E-state index in [1.165, 1.54) is 35.4 Å². The number of nitrogens with zero attached hydrogens (tertiary/aromatic N) is 2. The predicted molar refractivity (Wildman–Crippen MR) is 135 cm³/mol. The Morgan fingerprint density at radius 3 is 1.83 bits per heavy atom. The molecule has 1 fully saturated rings. The first-order chi connectivity index (χ1) is 16.8. The topological polar surface area (TPSA) is 69.7 Å². The third kappa shape index (κ3) is 6.75. The molecule has 3 aromatic carbocycles. The van der Waals surface area contributed by atoms with Crippen LogP contribution in [0, 0.1) is 5.82 Å².